The summed E-state index contributed by atoms with van der Waals surface area (Å²) >= 11 is 5.85. The molecule has 2 aromatic carbocycles. The van der Waals surface area contributed by atoms with Gasteiger partial charge in [0, 0.05) is 12.1 Å². The van der Waals surface area contributed by atoms with Crippen molar-refractivity contribution >= 4 is 35.1 Å². The fourth-order valence-electron chi connectivity index (χ4n) is 2.09. The number of aryl methyl sites for hydroxylation is 1. The third kappa shape index (κ3) is 4.57. The van der Waals surface area contributed by atoms with Crippen LogP contribution in [0.3, 0.4) is 0 Å². The van der Waals surface area contributed by atoms with Gasteiger partial charge in [0.05, 0.1) is 16.1 Å². The van der Waals surface area contributed by atoms with Crippen molar-refractivity contribution in [2.24, 2.45) is 5.73 Å². The summed E-state index contributed by atoms with van der Waals surface area (Å²) in [6.45, 7) is 0. The molecule has 0 heterocycles. The molecule has 2 amide bonds. The SMILES string of the molecule is NC(=O)c1cc(NC(=O)CCc2ccc(C(=O)O)cc2)ccc1Cl. The van der Waals surface area contributed by atoms with Crippen LogP contribution in [0.1, 0.15) is 32.7 Å². The molecule has 7 heteroatoms. The van der Waals surface area contributed by atoms with Crippen molar-refractivity contribution in [1.29, 1.82) is 0 Å². The van der Waals surface area contributed by atoms with Gasteiger partial charge in [-0.25, -0.2) is 4.79 Å². The molecule has 2 aromatic rings. The third-order valence-electron chi connectivity index (χ3n) is 3.36. The highest BCUT2D eigenvalue weighted by atomic mass is 35.5. The molecule has 0 aliphatic heterocycles. The van der Waals surface area contributed by atoms with E-state index in [0.717, 1.165) is 5.56 Å². The third-order valence-corrected chi connectivity index (χ3v) is 3.69. The maximum atomic E-state index is 12.0. The number of aromatic carboxylic acids is 1. The monoisotopic (exact) mass is 346 g/mol. The van der Waals surface area contributed by atoms with E-state index in [1.807, 2.05) is 0 Å². The second-order valence-corrected chi connectivity index (χ2v) is 5.52. The zero-order chi connectivity index (χ0) is 17.7. The first-order chi connectivity index (χ1) is 11.4. The molecular formula is C17H15ClN2O4. The van der Waals surface area contributed by atoms with E-state index >= 15 is 0 Å². The van der Waals surface area contributed by atoms with Gasteiger partial charge in [0.25, 0.3) is 0 Å². The van der Waals surface area contributed by atoms with Gasteiger partial charge in [0.15, 0.2) is 0 Å². The summed E-state index contributed by atoms with van der Waals surface area (Å²) in [5, 5.41) is 11.7. The van der Waals surface area contributed by atoms with Crippen LogP contribution in [0.25, 0.3) is 0 Å². The minimum atomic E-state index is -0.993. The minimum Gasteiger partial charge on any atom is -0.478 e. The van der Waals surface area contributed by atoms with Gasteiger partial charge in [-0.2, -0.15) is 0 Å². The Morgan fingerprint density at radius 2 is 1.75 bits per heavy atom. The maximum absolute atomic E-state index is 12.0. The molecule has 2 rings (SSSR count). The van der Waals surface area contributed by atoms with Gasteiger partial charge < -0.3 is 16.2 Å². The highest BCUT2D eigenvalue weighted by Crippen LogP contribution is 2.20. The van der Waals surface area contributed by atoms with Crippen molar-refractivity contribution in [1.82, 2.24) is 0 Å². The van der Waals surface area contributed by atoms with Crippen LogP contribution >= 0.6 is 11.6 Å². The molecular weight excluding hydrogens is 332 g/mol. The largest absolute Gasteiger partial charge is 0.478 e. The quantitative estimate of drug-likeness (QED) is 0.746. The first-order valence-electron chi connectivity index (χ1n) is 7.08. The minimum absolute atomic E-state index is 0.138. The van der Waals surface area contributed by atoms with Gasteiger partial charge in [-0.15, -0.1) is 0 Å². The lowest BCUT2D eigenvalue weighted by molar-refractivity contribution is -0.116. The number of carboxylic acid groups (broad SMARTS) is 1. The Hall–Kier alpha value is -2.86. The molecule has 0 saturated heterocycles. The Morgan fingerprint density at radius 1 is 1.08 bits per heavy atom. The van der Waals surface area contributed by atoms with Crippen LogP contribution in [-0.4, -0.2) is 22.9 Å². The lowest BCUT2D eigenvalue weighted by Gasteiger charge is -2.08. The van der Waals surface area contributed by atoms with Crippen molar-refractivity contribution in [2.45, 2.75) is 12.8 Å². The Labute approximate surface area is 143 Å². The summed E-state index contributed by atoms with van der Waals surface area (Å²) < 4.78 is 0. The second-order valence-electron chi connectivity index (χ2n) is 5.11. The molecule has 0 atom stereocenters. The molecule has 0 spiro atoms. The van der Waals surface area contributed by atoms with E-state index < -0.39 is 11.9 Å². The summed E-state index contributed by atoms with van der Waals surface area (Å²) in [5.41, 5.74) is 6.82. The number of carbonyl (C=O) groups is 3. The van der Waals surface area contributed by atoms with Gasteiger partial charge in [-0.3, -0.25) is 9.59 Å². The van der Waals surface area contributed by atoms with E-state index in [-0.39, 0.29) is 28.5 Å². The first-order valence-corrected chi connectivity index (χ1v) is 7.46. The Balaban J connectivity index is 1.95. The molecule has 0 aromatic heterocycles. The van der Waals surface area contributed by atoms with Crippen LogP contribution in [0, 0.1) is 0 Å². The van der Waals surface area contributed by atoms with Crippen molar-refractivity contribution in [3.63, 3.8) is 0 Å². The van der Waals surface area contributed by atoms with E-state index in [9.17, 15) is 14.4 Å². The standard InChI is InChI=1S/C17H15ClN2O4/c18-14-7-6-12(9-13(14)16(19)22)20-15(21)8-3-10-1-4-11(5-2-10)17(23)24/h1-2,4-7,9H,3,8H2,(H2,19,22)(H,20,21)(H,23,24). The smallest absolute Gasteiger partial charge is 0.335 e. The van der Waals surface area contributed by atoms with E-state index in [1.54, 1.807) is 18.2 Å². The van der Waals surface area contributed by atoms with E-state index in [1.165, 1.54) is 24.3 Å². The second kappa shape index (κ2) is 7.61. The Morgan fingerprint density at radius 3 is 2.33 bits per heavy atom. The normalized spacial score (nSPS) is 10.2. The molecule has 0 radical (unpaired) electrons. The summed E-state index contributed by atoms with van der Waals surface area (Å²) in [5.74, 6) is -1.91. The zero-order valence-corrected chi connectivity index (χ0v) is 13.3. The van der Waals surface area contributed by atoms with Crippen molar-refractivity contribution in [2.75, 3.05) is 5.32 Å². The van der Waals surface area contributed by atoms with Crippen LogP contribution in [0.15, 0.2) is 42.5 Å². The summed E-state index contributed by atoms with van der Waals surface area (Å²) in [4.78, 5) is 34.0. The fraction of sp³-hybridized carbons (Fsp3) is 0.118. The Kier molecular flexibility index (Phi) is 5.55. The molecule has 4 N–H and O–H groups in total. The van der Waals surface area contributed by atoms with Crippen molar-refractivity contribution < 1.29 is 19.5 Å². The molecule has 0 unspecified atom stereocenters. The molecule has 0 aliphatic carbocycles. The van der Waals surface area contributed by atoms with Crippen molar-refractivity contribution in [3.05, 3.63) is 64.2 Å². The van der Waals surface area contributed by atoms with Crippen LogP contribution in [-0.2, 0) is 11.2 Å². The highest BCUT2D eigenvalue weighted by molar-refractivity contribution is 6.34. The number of hydrogen-bond acceptors (Lipinski definition) is 3. The van der Waals surface area contributed by atoms with Crippen LogP contribution in [0.2, 0.25) is 5.02 Å². The molecule has 124 valence electrons. The number of anilines is 1. The summed E-state index contributed by atoms with van der Waals surface area (Å²) in [6.07, 6.45) is 0.670. The zero-order valence-electron chi connectivity index (χ0n) is 12.6. The lowest BCUT2D eigenvalue weighted by Crippen LogP contribution is -2.15. The number of primary amides is 1. The molecule has 0 aliphatic rings. The average Bonchev–Trinajstić information content (AvgIpc) is 2.55. The fourth-order valence-corrected chi connectivity index (χ4v) is 2.30. The van der Waals surface area contributed by atoms with Crippen LogP contribution in [0.5, 0.6) is 0 Å². The van der Waals surface area contributed by atoms with Crippen LogP contribution < -0.4 is 11.1 Å². The number of rotatable bonds is 6. The highest BCUT2D eigenvalue weighted by Gasteiger charge is 2.10. The van der Waals surface area contributed by atoms with E-state index in [2.05, 4.69) is 5.32 Å². The number of nitrogens with one attached hydrogen (secondary N) is 1. The number of carbonyl (C=O) groups excluding carboxylic acids is 2. The number of nitrogens with two attached hydrogens (primary N) is 1. The molecule has 24 heavy (non-hydrogen) atoms. The van der Waals surface area contributed by atoms with E-state index in [4.69, 9.17) is 22.4 Å². The van der Waals surface area contributed by atoms with Gasteiger partial charge in [0.2, 0.25) is 11.8 Å². The lowest BCUT2D eigenvalue weighted by atomic mass is 10.1. The Bertz CT molecular complexity index is 788. The maximum Gasteiger partial charge on any atom is 0.335 e. The number of carboxylic acids is 1. The predicted octanol–water partition coefficient (Wildman–Crippen LogP) is 2.71. The van der Waals surface area contributed by atoms with E-state index in [0.29, 0.717) is 12.1 Å². The number of amides is 2. The van der Waals surface area contributed by atoms with Gasteiger partial charge in [-0.05, 0) is 42.3 Å². The molecule has 6 nitrogen and oxygen atoms in total. The molecule has 0 saturated carbocycles. The predicted molar refractivity (Wildman–Crippen MR) is 90.3 cm³/mol. The average molecular weight is 347 g/mol. The molecule has 0 bridgehead atoms. The summed E-state index contributed by atoms with van der Waals surface area (Å²) in [7, 11) is 0. The number of halogens is 1. The van der Waals surface area contributed by atoms with Gasteiger partial charge in [0.1, 0.15) is 0 Å². The molecule has 0 fully saturated rings. The van der Waals surface area contributed by atoms with Crippen molar-refractivity contribution in [3.8, 4) is 0 Å². The topological polar surface area (TPSA) is 109 Å². The van der Waals surface area contributed by atoms with Crippen LogP contribution in [0.4, 0.5) is 5.69 Å². The van der Waals surface area contributed by atoms with Gasteiger partial charge in [-0.1, -0.05) is 23.7 Å². The summed E-state index contributed by atoms with van der Waals surface area (Å²) in [6, 6.07) is 10.8. The number of benzene rings is 2. The first kappa shape index (κ1) is 17.5. The van der Waals surface area contributed by atoms with Gasteiger partial charge >= 0.3 is 5.97 Å². The number of hydrogen-bond donors (Lipinski definition) is 3.